The van der Waals surface area contributed by atoms with Gasteiger partial charge >= 0.3 is 0 Å². The number of nitrogens with zero attached hydrogens (tertiary/aromatic N) is 1. The average Bonchev–Trinajstić information content (AvgIpc) is 2.54. The molecule has 1 aliphatic heterocycles. The average molecular weight is 178 g/mol. The Balaban J connectivity index is 2.27. The predicted octanol–water partition coefficient (Wildman–Crippen LogP) is 1.46. The Morgan fingerprint density at radius 3 is 2.67 bits per heavy atom. The third kappa shape index (κ3) is 1.52. The molecule has 0 spiro atoms. The lowest BCUT2D eigenvalue weighted by molar-refractivity contribution is 0.819. The molecule has 2 nitrogen and oxygen atoms in total. The third-order valence-electron chi connectivity index (χ3n) is 1.69. The normalized spacial score (nSPS) is 22.4. The molecule has 0 saturated carbocycles. The topological polar surface area (TPSA) is 38.4 Å². The maximum Gasteiger partial charge on any atom is 0.108 e. The van der Waals surface area contributed by atoms with Gasteiger partial charge in [0.25, 0.3) is 0 Å². The number of nitrogens with two attached hydrogens (primary N) is 1. The highest BCUT2D eigenvalue weighted by atomic mass is 32.2. The van der Waals surface area contributed by atoms with Gasteiger partial charge in [-0.1, -0.05) is 30.3 Å². The summed E-state index contributed by atoms with van der Waals surface area (Å²) in [6.07, 6.45) is -0.00907. The first-order valence-corrected chi connectivity index (χ1v) is 4.86. The molecular weight excluding hydrogens is 168 g/mol. The van der Waals surface area contributed by atoms with Crippen LogP contribution < -0.4 is 5.73 Å². The van der Waals surface area contributed by atoms with Crippen molar-refractivity contribution in [1.29, 1.82) is 0 Å². The Labute approximate surface area is 75.9 Å². The van der Waals surface area contributed by atoms with Crippen molar-refractivity contribution in [3.8, 4) is 0 Å². The minimum atomic E-state index is -0.00907. The summed E-state index contributed by atoms with van der Waals surface area (Å²) in [6.45, 7) is 0. The van der Waals surface area contributed by atoms with Gasteiger partial charge in [0.15, 0.2) is 0 Å². The van der Waals surface area contributed by atoms with E-state index in [2.05, 4.69) is 17.1 Å². The first-order valence-electron chi connectivity index (χ1n) is 3.88. The fourth-order valence-electron chi connectivity index (χ4n) is 1.13. The minimum Gasteiger partial charge on any atom is -0.309 e. The molecule has 62 valence electrons. The van der Waals surface area contributed by atoms with Gasteiger partial charge in [0.05, 0.1) is 5.04 Å². The Bertz CT molecular complexity index is 295. The maximum absolute atomic E-state index is 5.65. The lowest BCUT2D eigenvalue weighted by atomic mass is 10.2. The van der Waals surface area contributed by atoms with Crippen molar-refractivity contribution in [2.24, 2.45) is 10.7 Å². The zero-order chi connectivity index (χ0) is 8.39. The summed E-state index contributed by atoms with van der Waals surface area (Å²) in [6, 6.07) is 10.2. The van der Waals surface area contributed by atoms with Crippen molar-refractivity contribution >= 4 is 16.8 Å². The van der Waals surface area contributed by atoms with Crippen LogP contribution in [0.5, 0.6) is 0 Å². The van der Waals surface area contributed by atoms with E-state index in [1.165, 1.54) is 5.56 Å². The minimum absolute atomic E-state index is 0.00907. The van der Waals surface area contributed by atoms with Gasteiger partial charge in [-0.25, -0.2) is 0 Å². The van der Waals surface area contributed by atoms with E-state index in [0.717, 1.165) is 10.8 Å². The second kappa shape index (κ2) is 3.29. The maximum atomic E-state index is 5.65. The van der Waals surface area contributed by atoms with E-state index in [4.69, 9.17) is 5.73 Å². The van der Waals surface area contributed by atoms with Crippen LogP contribution in [-0.4, -0.2) is 17.0 Å². The Morgan fingerprint density at radius 2 is 2.08 bits per heavy atom. The number of rotatable bonds is 1. The van der Waals surface area contributed by atoms with E-state index in [1.54, 1.807) is 11.8 Å². The van der Waals surface area contributed by atoms with Crippen LogP contribution in [0.25, 0.3) is 0 Å². The Morgan fingerprint density at radius 1 is 1.33 bits per heavy atom. The van der Waals surface area contributed by atoms with E-state index < -0.39 is 0 Å². The van der Waals surface area contributed by atoms with E-state index in [0.29, 0.717) is 0 Å². The van der Waals surface area contributed by atoms with Gasteiger partial charge in [-0.2, -0.15) is 0 Å². The van der Waals surface area contributed by atoms with Gasteiger partial charge in [0, 0.05) is 11.3 Å². The van der Waals surface area contributed by atoms with Crippen LogP contribution >= 0.6 is 11.8 Å². The number of hydrogen-bond donors (Lipinski definition) is 1. The molecule has 3 heteroatoms. The second-order valence-corrected chi connectivity index (χ2v) is 3.69. The highest BCUT2D eigenvalue weighted by molar-refractivity contribution is 8.14. The molecule has 2 rings (SSSR count). The van der Waals surface area contributed by atoms with Crippen LogP contribution in [0.1, 0.15) is 5.56 Å². The van der Waals surface area contributed by atoms with Crippen LogP contribution in [0.15, 0.2) is 35.3 Å². The van der Waals surface area contributed by atoms with Gasteiger partial charge in [0.1, 0.15) is 6.17 Å². The van der Waals surface area contributed by atoms with E-state index in [1.807, 2.05) is 18.2 Å². The first-order chi connectivity index (χ1) is 5.86. The van der Waals surface area contributed by atoms with Crippen molar-refractivity contribution in [2.45, 2.75) is 6.17 Å². The monoisotopic (exact) mass is 178 g/mol. The molecule has 0 aliphatic carbocycles. The molecule has 1 atom stereocenters. The van der Waals surface area contributed by atoms with E-state index in [-0.39, 0.29) is 6.17 Å². The second-order valence-electron chi connectivity index (χ2n) is 2.68. The smallest absolute Gasteiger partial charge is 0.108 e. The van der Waals surface area contributed by atoms with Crippen molar-refractivity contribution in [3.63, 3.8) is 0 Å². The van der Waals surface area contributed by atoms with Crippen LogP contribution in [-0.2, 0) is 0 Å². The number of aliphatic imine (C=N–C) groups is 1. The van der Waals surface area contributed by atoms with E-state index in [9.17, 15) is 0 Å². The number of benzene rings is 1. The molecule has 0 fully saturated rings. The van der Waals surface area contributed by atoms with Gasteiger partial charge in [-0.3, -0.25) is 4.99 Å². The molecule has 2 N–H and O–H groups in total. The summed E-state index contributed by atoms with van der Waals surface area (Å²) in [7, 11) is 0. The van der Waals surface area contributed by atoms with Gasteiger partial charge < -0.3 is 5.73 Å². The first kappa shape index (κ1) is 7.83. The lowest BCUT2D eigenvalue weighted by Gasteiger charge is -1.96. The van der Waals surface area contributed by atoms with Crippen LogP contribution in [0.4, 0.5) is 0 Å². The largest absolute Gasteiger partial charge is 0.309 e. The summed E-state index contributed by atoms with van der Waals surface area (Å²) in [4.78, 5) is 4.32. The lowest BCUT2D eigenvalue weighted by Crippen LogP contribution is -2.15. The van der Waals surface area contributed by atoms with Crippen molar-refractivity contribution < 1.29 is 0 Å². The fourth-order valence-corrected chi connectivity index (χ4v) is 2.04. The molecule has 1 aromatic rings. The molecule has 1 unspecified atom stereocenters. The van der Waals surface area contributed by atoms with Gasteiger partial charge in [-0.15, -0.1) is 11.8 Å². The summed E-state index contributed by atoms with van der Waals surface area (Å²) < 4.78 is 0. The zero-order valence-electron chi connectivity index (χ0n) is 6.60. The Kier molecular flexibility index (Phi) is 2.15. The molecule has 1 heterocycles. The predicted molar refractivity (Wildman–Crippen MR) is 53.4 cm³/mol. The van der Waals surface area contributed by atoms with Gasteiger partial charge in [0.2, 0.25) is 0 Å². The summed E-state index contributed by atoms with van der Waals surface area (Å²) in [5.41, 5.74) is 6.83. The molecule has 12 heavy (non-hydrogen) atoms. The zero-order valence-corrected chi connectivity index (χ0v) is 7.42. The molecule has 1 aliphatic rings. The third-order valence-corrected chi connectivity index (χ3v) is 2.82. The van der Waals surface area contributed by atoms with Crippen molar-refractivity contribution in [1.82, 2.24) is 0 Å². The summed E-state index contributed by atoms with van der Waals surface area (Å²) in [5.74, 6) is 0.907. The van der Waals surface area contributed by atoms with Crippen LogP contribution in [0.2, 0.25) is 0 Å². The molecule has 1 aromatic carbocycles. The molecule has 0 bridgehead atoms. The van der Waals surface area contributed by atoms with Crippen LogP contribution in [0.3, 0.4) is 0 Å². The van der Waals surface area contributed by atoms with Gasteiger partial charge in [-0.05, 0) is 0 Å². The number of thioether (sulfide) groups is 1. The molecular formula is C9H10N2S. The highest BCUT2D eigenvalue weighted by Crippen LogP contribution is 2.20. The van der Waals surface area contributed by atoms with E-state index >= 15 is 0 Å². The standard InChI is InChI=1S/C9H10N2S/c10-8-6-12-9(11-8)7-4-2-1-3-5-7/h1-5,8H,6,10H2. The molecule has 0 saturated heterocycles. The summed E-state index contributed by atoms with van der Waals surface area (Å²) >= 11 is 1.73. The fraction of sp³-hybridized carbons (Fsp3) is 0.222. The molecule has 0 amide bonds. The van der Waals surface area contributed by atoms with Crippen molar-refractivity contribution in [3.05, 3.63) is 35.9 Å². The SMILES string of the molecule is NC1CSC(c2ccccc2)=N1. The number of hydrogen-bond acceptors (Lipinski definition) is 3. The molecule has 0 radical (unpaired) electrons. The quantitative estimate of drug-likeness (QED) is 0.707. The Hall–Kier alpha value is -0.800. The molecule has 0 aromatic heterocycles. The van der Waals surface area contributed by atoms with Crippen molar-refractivity contribution in [2.75, 3.05) is 5.75 Å². The highest BCUT2D eigenvalue weighted by Gasteiger charge is 2.14. The summed E-state index contributed by atoms with van der Waals surface area (Å²) in [5, 5.41) is 1.07. The van der Waals surface area contributed by atoms with Crippen LogP contribution in [0, 0.1) is 0 Å².